The smallest absolute Gasteiger partial charge is 0.192 e. The van der Waals surface area contributed by atoms with Gasteiger partial charge >= 0.3 is 0 Å². The van der Waals surface area contributed by atoms with E-state index in [1.165, 1.54) is 11.3 Å². The molecule has 138 valence electrons. The van der Waals surface area contributed by atoms with Crippen LogP contribution in [-0.4, -0.2) is 35.9 Å². The highest BCUT2D eigenvalue weighted by Crippen LogP contribution is 2.34. The van der Waals surface area contributed by atoms with Crippen molar-refractivity contribution in [1.29, 1.82) is 0 Å². The van der Waals surface area contributed by atoms with Gasteiger partial charge in [0.2, 0.25) is 0 Å². The van der Waals surface area contributed by atoms with Gasteiger partial charge in [0.25, 0.3) is 0 Å². The molecule has 0 aliphatic heterocycles. The molecular formula is C19H18N4O3S. The predicted molar refractivity (Wildman–Crippen MR) is 106 cm³/mol. The molecule has 1 aromatic carbocycles. The van der Waals surface area contributed by atoms with Gasteiger partial charge in [0, 0.05) is 0 Å². The normalized spacial score (nSPS) is 10.9. The molecule has 4 aromatic rings. The van der Waals surface area contributed by atoms with Crippen LogP contribution in [0.4, 0.5) is 5.82 Å². The molecule has 27 heavy (non-hydrogen) atoms. The Kier molecular flexibility index (Phi) is 4.33. The number of hydrogen-bond acceptors (Lipinski definition) is 7. The lowest BCUT2D eigenvalue weighted by Gasteiger charge is -2.10. The molecule has 0 aliphatic rings. The van der Waals surface area contributed by atoms with Crippen LogP contribution in [0.3, 0.4) is 0 Å². The fraction of sp³-hybridized carbons (Fsp3) is 0.158. The van der Waals surface area contributed by atoms with E-state index in [4.69, 9.17) is 19.9 Å². The van der Waals surface area contributed by atoms with Crippen LogP contribution in [-0.2, 0) is 0 Å². The SMILES string of the molecule is COc1ccc(-c2nc3cc(-c4ccc(OC)c(OC)c4)cc(N)n3n2)s1. The van der Waals surface area contributed by atoms with E-state index >= 15 is 0 Å². The topological polar surface area (TPSA) is 83.9 Å². The lowest BCUT2D eigenvalue weighted by Crippen LogP contribution is -1.99. The van der Waals surface area contributed by atoms with Gasteiger partial charge in [0.05, 0.1) is 26.2 Å². The van der Waals surface area contributed by atoms with E-state index in [-0.39, 0.29) is 0 Å². The number of nitrogens with two attached hydrogens (primary N) is 1. The summed E-state index contributed by atoms with van der Waals surface area (Å²) in [6, 6.07) is 13.4. The lowest BCUT2D eigenvalue weighted by molar-refractivity contribution is 0.355. The number of benzene rings is 1. The number of hydrogen-bond donors (Lipinski definition) is 1. The molecule has 0 radical (unpaired) electrons. The fourth-order valence-corrected chi connectivity index (χ4v) is 3.60. The minimum absolute atomic E-state index is 0.500. The molecule has 8 heteroatoms. The molecule has 0 aliphatic carbocycles. The highest BCUT2D eigenvalue weighted by molar-refractivity contribution is 7.17. The van der Waals surface area contributed by atoms with Crippen molar-refractivity contribution in [1.82, 2.24) is 14.6 Å². The molecule has 0 bridgehead atoms. The summed E-state index contributed by atoms with van der Waals surface area (Å²) in [4.78, 5) is 5.54. The summed E-state index contributed by atoms with van der Waals surface area (Å²) in [6.07, 6.45) is 0. The third-order valence-corrected chi connectivity index (χ3v) is 5.23. The molecule has 0 atom stereocenters. The summed E-state index contributed by atoms with van der Waals surface area (Å²) in [5.41, 5.74) is 8.76. The average molecular weight is 382 g/mol. The number of ether oxygens (including phenoxy) is 3. The van der Waals surface area contributed by atoms with E-state index < -0.39 is 0 Å². The third-order valence-electron chi connectivity index (χ3n) is 4.18. The van der Waals surface area contributed by atoms with Crippen molar-refractivity contribution >= 4 is 22.8 Å². The lowest BCUT2D eigenvalue weighted by atomic mass is 10.1. The van der Waals surface area contributed by atoms with Gasteiger partial charge in [-0.25, -0.2) is 4.98 Å². The summed E-state index contributed by atoms with van der Waals surface area (Å²) >= 11 is 1.48. The zero-order chi connectivity index (χ0) is 19.0. The van der Waals surface area contributed by atoms with Crippen LogP contribution in [0, 0.1) is 0 Å². The fourth-order valence-electron chi connectivity index (χ4n) is 2.85. The van der Waals surface area contributed by atoms with Crippen molar-refractivity contribution in [2.75, 3.05) is 27.1 Å². The standard InChI is InChI=1S/C19H18N4O3S/c1-24-13-5-4-11(8-14(13)25-2)12-9-16(20)23-17(10-12)21-19(22-23)15-6-7-18(26-3)27-15/h4-10H,20H2,1-3H3. The number of nitrogens with zero attached hydrogens (tertiary/aromatic N) is 3. The van der Waals surface area contributed by atoms with Crippen LogP contribution in [0.1, 0.15) is 0 Å². The summed E-state index contributed by atoms with van der Waals surface area (Å²) in [7, 11) is 4.86. The van der Waals surface area contributed by atoms with E-state index in [2.05, 4.69) is 10.1 Å². The van der Waals surface area contributed by atoms with Gasteiger partial charge in [-0.05, 0) is 47.5 Å². The predicted octanol–water partition coefficient (Wildman–Crippen LogP) is 3.73. The number of methoxy groups -OCH3 is 3. The third kappa shape index (κ3) is 3.04. The molecule has 3 aromatic heterocycles. The van der Waals surface area contributed by atoms with E-state index in [0.717, 1.165) is 21.1 Å². The molecule has 0 saturated heterocycles. The van der Waals surface area contributed by atoms with Crippen molar-refractivity contribution in [2.24, 2.45) is 0 Å². The van der Waals surface area contributed by atoms with Crippen molar-refractivity contribution < 1.29 is 14.2 Å². The highest BCUT2D eigenvalue weighted by Gasteiger charge is 2.14. The Morgan fingerprint density at radius 1 is 0.889 bits per heavy atom. The molecule has 2 N–H and O–H groups in total. The molecular weight excluding hydrogens is 364 g/mol. The number of fused-ring (bicyclic) bond motifs is 1. The van der Waals surface area contributed by atoms with E-state index in [1.54, 1.807) is 25.8 Å². The van der Waals surface area contributed by atoms with Crippen LogP contribution in [0.5, 0.6) is 16.6 Å². The molecule has 0 unspecified atom stereocenters. The first-order valence-electron chi connectivity index (χ1n) is 8.16. The Balaban J connectivity index is 1.79. The van der Waals surface area contributed by atoms with Crippen molar-refractivity contribution in [2.45, 2.75) is 0 Å². The Bertz CT molecular complexity index is 1120. The second-order valence-electron chi connectivity index (χ2n) is 5.77. The van der Waals surface area contributed by atoms with Crippen LogP contribution in [0.15, 0.2) is 42.5 Å². The Labute approximate surface area is 159 Å². The van der Waals surface area contributed by atoms with Gasteiger partial charge in [0.15, 0.2) is 28.0 Å². The number of rotatable bonds is 5. The quantitative estimate of drug-likeness (QED) is 0.566. The first-order chi connectivity index (χ1) is 13.1. The number of anilines is 1. The van der Waals surface area contributed by atoms with Crippen molar-refractivity contribution in [3.63, 3.8) is 0 Å². The molecule has 7 nitrogen and oxygen atoms in total. The molecule has 0 saturated carbocycles. The Hall–Kier alpha value is -3.26. The first-order valence-corrected chi connectivity index (χ1v) is 8.97. The summed E-state index contributed by atoms with van der Waals surface area (Å²) < 4.78 is 17.6. The number of thiophene rings is 1. The van der Waals surface area contributed by atoms with Crippen LogP contribution in [0.25, 0.3) is 27.5 Å². The van der Waals surface area contributed by atoms with E-state index in [1.807, 2.05) is 42.5 Å². The second-order valence-corrected chi connectivity index (χ2v) is 6.81. The minimum atomic E-state index is 0.500. The summed E-state index contributed by atoms with van der Waals surface area (Å²) in [6.45, 7) is 0. The van der Waals surface area contributed by atoms with Crippen molar-refractivity contribution in [3.8, 4) is 38.4 Å². The molecule has 0 amide bonds. The Morgan fingerprint density at radius 2 is 1.70 bits per heavy atom. The van der Waals surface area contributed by atoms with E-state index in [0.29, 0.717) is 28.8 Å². The minimum Gasteiger partial charge on any atom is -0.493 e. The maximum Gasteiger partial charge on any atom is 0.192 e. The van der Waals surface area contributed by atoms with Crippen molar-refractivity contribution in [3.05, 3.63) is 42.5 Å². The van der Waals surface area contributed by atoms with Crippen LogP contribution in [0.2, 0.25) is 0 Å². The number of aromatic nitrogens is 3. The average Bonchev–Trinajstić information content (AvgIpc) is 3.34. The Morgan fingerprint density at radius 3 is 2.41 bits per heavy atom. The molecule has 4 rings (SSSR count). The molecule has 0 spiro atoms. The molecule has 0 fully saturated rings. The summed E-state index contributed by atoms with van der Waals surface area (Å²) in [5, 5.41) is 5.32. The van der Waals surface area contributed by atoms with Gasteiger partial charge in [-0.15, -0.1) is 5.10 Å². The van der Waals surface area contributed by atoms with Gasteiger partial charge in [-0.1, -0.05) is 17.4 Å². The van der Waals surface area contributed by atoms with Gasteiger partial charge in [0.1, 0.15) is 5.82 Å². The second kappa shape index (κ2) is 6.81. The van der Waals surface area contributed by atoms with E-state index in [9.17, 15) is 0 Å². The first kappa shape index (κ1) is 17.2. The highest BCUT2D eigenvalue weighted by atomic mass is 32.1. The van der Waals surface area contributed by atoms with Crippen LogP contribution >= 0.6 is 11.3 Å². The van der Waals surface area contributed by atoms with Gasteiger partial charge < -0.3 is 19.9 Å². The van der Waals surface area contributed by atoms with Gasteiger partial charge in [-0.2, -0.15) is 4.52 Å². The summed E-state index contributed by atoms with van der Waals surface area (Å²) in [5.74, 6) is 2.44. The zero-order valence-corrected chi connectivity index (χ0v) is 15.9. The van der Waals surface area contributed by atoms with Crippen LogP contribution < -0.4 is 19.9 Å². The maximum absolute atomic E-state index is 6.23. The maximum atomic E-state index is 6.23. The zero-order valence-electron chi connectivity index (χ0n) is 15.1. The van der Waals surface area contributed by atoms with Gasteiger partial charge in [-0.3, -0.25) is 0 Å². The number of nitrogen functional groups attached to an aromatic ring is 1. The molecule has 3 heterocycles. The monoisotopic (exact) mass is 382 g/mol. The largest absolute Gasteiger partial charge is 0.493 e. The number of pyridine rings is 1.